The summed E-state index contributed by atoms with van der Waals surface area (Å²) in [5.41, 5.74) is 5.59. The summed E-state index contributed by atoms with van der Waals surface area (Å²) in [5.74, 6) is 0.230. The SMILES string of the molecule is CCC(/C(N)=N/O)N1CC(O)CC1C. The average molecular weight is 201 g/mol. The quantitative estimate of drug-likeness (QED) is 0.259. The van der Waals surface area contributed by atoms with E-state index in [1.807, 2.05) is 13.8 Å². The first-order valence-corrected chi connectivity index (χ1v) is 5.01. The minimum Gasteiger partial charge on any atom is -0.409 e. The van der Waals surface area contributed by atoms with Crippen molar-refractivity contribution >= 4 is 5.84 Å². The number of aliphatic hydroxyl groups is 1. The second kappa shape index (κ2) is 4.61. The molecule has 0 spiro atoms. The number of oxime groups is 1. The molecule has 3 unspecified atom stereocenters. The van der Waals surface area contributed by atoms with Gasteiger partial charge in [-0.3, -0.25) is 4.90 Å². The summed E-state index contributed by atoms with van der Waals surface area (Å²) in [5, 5.41) is 21.1. The Balaban J connectivity index is 2.70. The largest absolute Gasteiger partial charge is 0.409 e. The Morgan fingerprint density at radius 3 is 2.71 bits per heavy atom. The summed E-state index contributed by atoms with van der Waals surface area (Å²) in [6.07, 6.45) is 1.26. The number of aliphatic hydroxyl groups excluding tert-OH is 1. The van der Waals surface area contributed by atoms with Crippen molar-refractivity contribution in [2.45, 2.75) is 44.9 Å². The van der Waals surface area contributed by atoms with E-state index in [-0.39, 0.29) is 24.0 Å². The molecular weight excluding hydrogens is 182 g/mol. The zero-order chi connectivity index (χ0) is 10.7. The van der Waals surface area contributed by atoms with E-state index in [1.54, 1.807) is 0 Å². The Kier molecular flexibility index (Phi) is 3.71. The van der Waals surface area contributed by atoms with Gasteiger partial charge in [-0.1, -0.05) is 12.1 Å². The molecule has 3 atom stereocenters. The molecule has 14 heavy (non-hydrogen) atoms. The maximum Gasteiger partial charge on any atom is 0.156 e. The van der Waals surface area contributed by atoms with Crippen LogP contribution in [0.2, 0.25) is 0 Å². The van der Waals surface area contributed by atoms with Crippen LogP contribution in [0.1, 0.15) is 26.7 Å². The molecule has 1 aliphatic heterocycles. The number of nitrogens with two attached hydrogens (primary N) is 1. The fourth-order valence-corrected chi connectivity index (χ4v) is 2.14. The third-order valence-corrected chi connectivity index (χ3v) is 2.84. The summed E-state index contributed by atoms with van der Waals surface area (Å²) < 4.78 is 0. The Morgan fingerprint density at radius 1 is 1.71 bits per heavy atom. The predicted molar refractivity (Wildman–Crippen MR) is 54.3 cm³/mol. The zero-order valence-corrected chi connectivity index (χ0v) is 8.72. The van der Waals surface area contributed by atoms with Gasteiger partial charge in [-0.25, -0.2) is 0 Å². The van der Waals surface area contributed by atoms with Crippen LogP contribution < -0.4 is 5.73 Å². The summed E-state index contributed by atoms with van der Waals surface area (Å²) in [4.78, 5) is 2.08. The molecule has 4 N–H and O–H groups in total. The van der Waals surface area contributed by atoms with E-state index >= 15 is 0 Å². The van der Waals surface area contributed by atoms with Gasteiger partial charge in [-0.15, -0.1) is 0 Å². The molecule has 5 heteroatoms. The molecule has 0 aromatic carbocycles. The molecule has 0 bridgehead atoms. The number of hydrogen-bond acceptors (Lipinski definition) is 4. The van der Waals surface area contributed by atoms with Crippen molar-refractivity contribution in [3.63, 3.8) is 0 Å². The number of rotatable bonds is 3. The standard InChI is InChI=1S/C9H19N3O2/c1-3-8(9(10)11-14)12-5-7(13)4-6(12)2/h6-8,13-14H,3-5H2,1-2H3,(H2,10,11). The minimum absolute atomic E-state index is 0.0628. The maximum atomic E-state index is 9.48. The monoisotopic (exact) mass is 201 g/mol. The smallest absolute Gasteiger partial charge is 0.156 e. The van der Waals surface area contributed by atoms with Crippen molar-refractivity contribution in [2.75, 3.05) is 6.54 Å². The summed E-state index contributed by atoms with van der Waals surface area (Å²) >= 11 is 0. The molecule has 0 amide bonds. The molecule has 0 radical (unpaired) electrons. The summed E-state index contributed by atoms with van der Waals surface area (Å²) in [6.45, 7) is 4.64. The maximum absolute atomic E-state index is 9.48. The van der Waals surface area contributed by atoms with Gasteiger partial charge in [-0.2, -0.15) is 0 Å². The Hall–Kier alpha value is -0.810. The van der Waals surface area contributed by atoms with Crippen molar-refractivity contribution in [1.82, 2.24) is 4.90 Å². The molecule has 1 aliphatic rings. The first-order chi connectivity index (χ1) is 6.60. The number of β-amino-alcohol motifs (C(OH)–C–C–N with tert-alkyl or cyclic N) is 1. The van der Waals surface area contributed by atoms with Crippen molar-refractivity contribution in [2.24, 2.45) is 10.9 Å². The first-order valence-electron chi connectivity index (χ1n) is 5.01. The van der Waals surface area contributed by atoms with Crippen LogP contribution in [0, 0.1) is 0 Å². The lowest BCUT2D eigenvalue weighted by Gasteiger charge is -2.29. The topological polar surface area (TPSA) is 82.1 Å². The zero-order valence-electron chi connectivity index (χ0n) is 8.72. The Morgan fingerprint density at radius 2 is 2.36 bits per heavy atom. The normalized spacial score (nSPS) is 32.1. The summed E-state index contributed by atoms with van der Waals surface area (Å²) in [6, 6.07) is 0.224. The van der Waals surface area contributed by atoms with Gasteiger partial charge in [-0.05, 0) is 19.8 Å². The molecule has 1 rings (SSSR count). The van der Waals surface area contributed by atoms with E-state index < -0.39 is 0 Å². The predicted octanol–water partition coefficient (Wildman–Crippen LogP) is -0.0335. The van der Waals surface area contributed by atoms with Gasteiger partial charge in [0.25, 0.3) is 0 Å². The third kappa shape index (κ3) is 2.16. The van der Waals surface area contributed by atoms with Crippen LogP contribution in [0.15, 0.2) is 5.16 Å². The van der Waals surface area contributed by atoms with Crippen LogP contribution in [-0.2, 0) is 0 Å². The van der Waals surface area contributed by atoms with Crippen molar-refractivity contribution in [1.29, 1.82) is 0 Å². The number of nitrogens with zero attached hydrogens (tertiary/aromatic N) is 2. The van der Waals surface area contributed by atoms with Crippen molar-refractivity contribution < 1.29 is 10.3 Å². The lowest BCUT2D eigenvalue weighted by molar-refractivity contribution is 0.165. The van der Waals surface area contributed by atoms with Gasteiger partial charge in [0.05, 0.1) is 12.1 Å². The van der Waals surface area contributed by atoms with Crippen LogP contribution in [0.4, 0.5) is 0 Å². The Labute approximate surface area is 84.2 Å². The van der Waals surface area contributed by atoms with Crippen LogP contribution >= 0.6 is 0 Å². The molecule has 1 fully saturated rings. The second-order valence-corrected chi connectivity index (χ2v) is 3.88. The fraction of sp³-hybridized carbons (Fsp3) is 0.889. The molecule has 5 nitrogen and oxygen atoms in total. The van der Waals surface area contributed by atoms with E-state index in [4.69, 9.17) is 10.9 Å². The van der Waals surface area contributed by atoms with Crippen LogP contribution in [0.25, 0.3) is 0 Å². The van der Waals surface area contributed by atoms with E-state index in [9.17, 15) is 5.11 Å². The molecule has 0 aliphatic carbocycles. The van der Waals surface area contributed by atoms with Gasteiger partial charge < -0.3 is 16.0 Å². The average Bonchev–Trinajstić information content (AvgIpc) is 2.47. The fourth-order valence-electron chi connectivity index (χ4n) is 2.14. The first kappa shape index (κ1) is 11.3. The molecule has 1 heterocycles. The van der Waals surface area contributed by atoms with E-state index in [0.29, 0.717) is 6.54 Å². The highest BCUT2D eigenvalue weighted by Gasteiger charge is 2.33. The van der Waals surface area contributed by atoms with Crippen molar-refractivity contribution in [3.05, 3.63) is 0 Å². The Bertz CT molecular complexity index is 220. The van der Waals surface area contributed by atoms with Gasteiger partial charge in [0.15, 0.2) is 5.84 Å². The lowest BCUT2D eigenvalue weighted by Crippen LogP contribution is -2.46. The highest BCUT2D eigenvalue weighted by molar-refractivity contribution is 5.85. The third-order valence-electron chi connectivity index (χ3n) is 2.84. The number of likely N-dealkylation sites (tertiary alicyclic amines) is 1. The molecule has 1 saturated heterocycles. The van der Waals surface area contributed by atoms with Gasteiger partial charge in [0.1, 0.15) is 0 Å². The second-order valence-electron chi connectivity index (χ2n) is 3.88. The summed E-state index contributed by atoms with van der Waals surface area (Å²) in [7, 11) is 0. The van der Waals surface area contributed by atoms with E-state index in [2.05, 4.69) is 10.1 Å². The highest BCUT2D eigenvalue weighted by Crippen LogP contribution is 2.21. The van der Waals surface area contributed by atoms with Gasteiger partial charge in [0.2, 0.25) is 0 Å². The lowest BCUT2D eigenvalue weighted by atomic mass is 10.1. The molecule has 82 valence electrons. The van der Waals surface area contributed by atoms with Crippen LogP contribution in [0.3, 0.4) is 0 Å². The van der Waals surface area contributed by atoms with Crippen LogP contribution in [0.5, 0.6) is 0 Å². The van der Waals surface area contributed by atoms with E-state index in [0.717, 1.165) is 12.8 Å². The number of amidine groups is 1. The minimum atomic E-state index is -0.287. The van der Waals surface area contributed by atoms with Crippen LogP contribution in [-0.4, -0.2) is 45.8 Å². The molecule has 0 aromatic rings. The van der Waals surface area contributed by atoms with E-state index in [1.165, 1.54) is 0 Å². The van der Waals surface area contributed by atoms with Crippen molar-refractivity contribution in [3.8, 4) is 0 Å². The number of hydrogen-bond donors (Lipinski definition) is 3. The van der Waals surface area contributed by atoms with Gasteiger partial charge in [0, 0.05) is 12.6 Å². The highest BCUT2D eigenvalue weighted by atomic mass is 16.4. The van der Waals surface area contributed by atoms with Gasteiger partial charge >= 0.3 is 0 Å². The molecule has 0 aromatic heterocycles. The molecular formula is C9H19N3O2. The molecule has 0 saturated carbocycles.